The molecule has 3 amide bonds. The molecule has 124 valence electrons. The van der Waals surface area contributed by atoms with Crippen LogP contribution >= 0.6 is 0 Å². The first-order valence-electron chi connectivity index (χ1n) is 7.94. The molecule has 1 heterocycles. The van der Waals surface area contributed by atoms with Crippen LogP contribution in [-0.2, 0) is 16.0 Å². The second-order valence-electron chi connectivity index (χ2n) is 5.54. The van der Waals surface area contributed by atoms with Crippen LogP contribution in [0, 0.1) is 0 Å². The summed E-state index contributed by atoms with van der Waals surface area (Å²) in [5, 5.41) is 2.70. The maximum Gasteiger partial charge on any atom is 0.254 e. The van der Waals surface area contributed by atoms with Crippen molar-refractivity contribution < 1.29 is 14.4 Å². The third-order valence-corrected chi connectivity index (χ3v) is 3.98. The smallest absolute Gasteiger partial charge is 0.254 e. The summed E-state index contributed by atoms with van der Waals surface area (Å²) < 4.78 is 0. The first-order chi connectivity index (χ1) is 11.0. The lowest BCUT2D eigenvalue weighted by Crippen LogP contribution is -2.40. The van der Waals surface area contributed by atoms with Crippen molar-refractivity contribution in [1.29, 1.82) is 0 Å². The molecule has 0 atom stereocenters. The van der Waals surface area contributed by atoms with Crippen molar-refractivity contribution in [2.24, 2.45) is 0 Å². The fourth-order valence-electron chi connectivity index (χ4n) is 2.80. The fraction of sp³-hybridized carbons (Fsp3) is 0.471. The van der Waals surface area contributed by atoms with Gasteiger partial charge >= 0.3 is 0 Å². The Hall–Kier alpha value is -2.37. The summed E-state index contributed by atoms with van der Waals surface area (Å²) in [4.78, 5) is 39.1. The molecule has 6 heteroatoms. The zero-order chi connectivity index (χ0) is 17.0. The lowest BCUT2D eigenvalue weighted by molar-refractivity contribution is -0.121. The second-order valence-corrected chi connectivity index (χ2v) is 5.54. The topological polar surface area (TPSA) is 69.7 Å². The van der Waals surface area contributed by atoms with E-state index in [4.69, 9.17) is 0 Å². The predicted molar refractivity (Wildman–Crippen MR) is 88.4 cm³/mol. The van der Waals surface area contributed by atoms with Crippen LogP contribution in [0.1, 0.15) is 36.7 Å². The number of hydrogen-bond donors (Lipinski definition) is 1. The van der Waals surface area contributed by atoms with E-state index in [1.807, 2.05) is 26.0 Å². The largest absolute Gasteiger partial charge is 0.355 e. The summed E-state index contributed by atoms with van der Waals surface area (Å²) in [5.74, 6) is -0.316. The van der Waals surface area contributed by atoms with E-state index >= 15 is 0 Å². The van der Waals surface area contributed by atoms with Gasteiger partial charge in [0.15, 0.2) is 0 Å². The van der Waals surface area contributed by atoms with E-state index in [1.165, 1.54) is 4.90 Å². The van der Waals surface area contributed by atoms with Crippen LogP contribution < -0.4 is 10.2 Å². The van der Waals surface area contributed by atoms with Gasteiger partial charge in [-0.3, -0.25) is 14.4 Å². The highest BCUT2D eigenvalue weighted by Gasteiger charge is 2.24. The van der Waals surface area contributed by atoms with Gasteiger partial charge in [-0.1, -0.05) is 0 Å². The third-order valence-electron chi connectivity index (χ3n) is 3.98. The average molecular weight is 317 g/mol. The third kappa shape index (κ3) is 3.70. The van der Waals surface area contributed by atoms with Crippen molar-refractivity contribution in [3.63, 3.8) is 0 Å². The summed E-state index contributed by atoms with van der Waals surface area (Å²) in [6.45, 7) is 6.95. The molecule has 0 fully saturated rings. The van der Waals surface area contributed by atoms with Gasteiger partial charge in [-0.25, -0.2) is 0 Å². The number of likely N-dealkylation sites (N-methyl/N-ethyl adjacent to an activating group) is 2. The molecule has 1 aliphatic heterocycles. The summed E-state index contributed by atoms with van der Waals surface area (Å²) in [6, 6.07) is 5.38. The Kier molecular flexibility index (Phi) is 5.36. The molecule has 0 saturated heterocycles. The van der Waals surface area contributed by atoms with Crippen LogP contribution in [0.4, 0.5) is 5.69 Å². The zero-order valence-corrected chi connectivity index (χ0v) is 13.9. The Morgan fingerprint density at radius 3 is 2.61 bits per heavy atom. The highest BCUT2D eigenvalue weighted by molar-refractivity contribution is 5.99. The summed E-state index contributed by atoms with van der Waals surface area (Å²) in [7, 11) is 0. The van der Waals surface area contributed by atoms with Crippen LogP contribution in [0.25, 0.3) is 0 Å². The van der Waals surface area contributed by atoms with Crippen molar-refractivity contribution in [2.75, 3.05) is 31.1 Å². The number of hydrogen-bond acceptors (Lipinski definition) is 3. The van der Waals surface area contributed by atoms with E-state index in [1.54, 1.807) is 17.9 Å². The minimum atomic E-state index is -0.164. The molecule has 0 bridgehead atoms. The highest BCUT2D eigenvalue weighted by atomic mass is 16.2. The first kappa shape index (κ1) is 17.0. The molecule has 0 unspecified atom stereocenters. The Morgan fingerprint density at radius 1 is 1.26 bits per heavy atom. The predicted octanol–water partition coefficient (Wildman–Crippen LogP) is 1.19. The maximum atomic E-state index is 12.6. The zero-order valence-electron chi connectivity index (χ0n) is 13.9. The van der Waals surface area contributed by atoms with Gasteiger partial charge in [0.1, 0.15) is 0 Å². The van der Waals surface area contributed by atoms with Gasteiger partial charge in [0.2, 0.25) is 11.8 Å². The second kappa shape index (κ2) is 7.26. The van der Waals surface area contributed by atoms with Crippen LogP contribution in [0.3, 0.4) is 0 Å². The number of carbonyl (C=O) groups is 3. The number of anilines is 1. The number of carbonyl (C=O) groups excluding carboxylic acids is 3. The van der Waals surface area contributed by atoms with Crippen molar-refractivity contribution in [1.82, 2.24) is 10.2 Å². The minimum Gasteiger partial charge on any atom is -0.355 e. The van der Waals surface area contributed by atoms with Crippen LogP contribution in [0.2, 0.25) is 0 Å². The number of amides is 3. The van der Waals surface area contributed by atoms with Gasteiger partial charge in [0.25, 0.3) is 5.91 Å². The quantitative estimate of drug-likeness (QED) is 0.887. The van der Waals surface area contributed by atoms with Gasteiger partial charge in [0.05, 0.1) is 6.54 Å². The molecule has 0 aromatic heterocycles. The standard InChI is InChI=1S/C17H23N3O3/c1-4-18-16(22)11-19(5-2)17(23)14-6-7-15-13(10-14)8-9-20(15)12(3)21/h6-7,10H,4-5,8-9,11H2,1-3H3,(H,18,22). The molecule has 1 aliphatic rings. The molecule has 0 saturated carbocycles. The van der Waals surface area contributed by atoms with E-state index in [0.29, 0.717) is 25.2 Å². The van der Waals surface area contributed by atoms with Gasteiger partial charge in [-0.05, 0) is 44.0 Å². The van der Waals surface area contributed by atoms with Crippen molar-refractivity contribution in [3.05, 3.63) is 29.3 Å². The van der Waals surface area contributed by atoms with Crippen molar-refractivity contribution in [2.45, 2.75) is 27.2 Å². The monoisotopic (exact) mass is 317 g/mol. The van der Waals surface area contributed by atoms with E-state index in [0.717, 1.165) is 17.7 Å². The van der Waals surface area contributed by atoms with Crippen molar-refractivity contribution in [3.8, 4) is 0 Å². The highest BCUT2D eigenvalue weighted by Crippen LogP contribution is 2.29. The van der Waals surface area contributed by atoms with Crippen molar-refractivity contribution >= 4 is 23.4 Å². The van der Waals surface area contributed by atoms with E-state index in [-0.39, 0.29) is 24.3 Å². The number of nitrogens with one attached hydrogen (secondary N) is 1. The summed E-state index contributed by atoms with van der Waals surface area (Å²) in [6.07, 6.45) is 0.748. The molecular weight excluding hydrogens is 294 g/mol. The number of nitrogens with zero attached hydrogens (tertiary/aromatic N) is 2. The number of fused-ring (bicyclic) bond motifs is 1. The van der Waals surface area contributed by atoms with Gasteiger partial charge < -0.3 is 15.1 Å². The van der Waals surface area contributed by atoms with Crippen LogP contribution in [0.15, 0.2) is 18.2 Å². The lowest BCUT2D eigenvalue weighted by atomic mass is 10.1. The van der Waals surface area contributed by atoms with Crippen LogP contribution in [-0.4, -0.2) is 48.8 Å². The Labute approximate surface area is 136 Å². The molecular formula is C17H23N3O3. The average Bonchev–Trinajstić information content (AvgIpc) is 2.95. The van der Waals surface area contributed by atoms with E-state index in [2.05, 4.69) is 5.32 Å². The molecule has 6 nitrogen and oxygen atoms in total. The molecule has 1 aromatic carbocycles. The number of rotatable bonds is 5. The fourth-order valence-corrected chi connectivity index (χ4v) is 2.80. The Bertz CT molecular complexity index is 628. The first-order valence-corrected chi connectivity index (χ1v) is 7.94. The molecule has 0 radical (unpaired) electrons. The molecule has 1 N–H and O–H groups in total. The summed E-state index contributed by atoms with van der Waals surface area (Å²) in [5.41, 5.74) is 2.43. The lowest BCUT2D eigenvalue weighted by Gasteiger charge is -2.21. The molecule has 23 heavy (non-hydrogen) atoms. The molecule has 0 spiro atoms. The molecule has 1 aromatic rings. The van der Waals surface area contributed by atoms with E-state index in [9.17, 15) is 14.4 Å². The maximum absolute atomic E-state index is 12.6. The minimum absolute atomic E-state index is 0.00856. The normalized spacial score (nSPS) is 12.7. The van der Waals surface area contributed by atoms with Gasteiger partial charge in [-0.2, -0.15) is 0 Å². The van der Waals surface area contributed by atoms with Crippen LogP contribution in [0.5, 0.6) is 0 Å². The Morgan fingerprint density at radius 2 is 2.00 bits per heavy atom. The molecule has 0 aliphatic carbocycles. The summed E-state index contributed by atoms with van der Waals surface area (Å²) >= 11 is 0. The van der Waals surface area contributed by atoms with Gasteiger partial charge in [0, 0.05) is 37.8 Å². The molecule has 2 rings (SSSR count). The SMILES string of the molecule is CCNC(=O)CN(CC)C(=O)c1ccc2c(c1)CCN2C(C)=O. The number of benzene rings is 1. The van der Waals surface area contributed by atoms with E-state index < -0.39 is 0 Å². The van der Waals surface area contributed by atoms with Gasteiger partial charge in [-0.15, -0.1) is 0 Å². The Balaban J connectivity index is 2.16.